The van der Waals surface area contributed by atoms with Crippen molar-refractivity contribution in [3.05, 3.63) is 41.1 Å². The fourth-order valence-corrected chi connectivity index (χ4v) is 1.87. The van der Waals surface area contributed by atoms with Crippen molar-refractivity contribution in [2.24, 2.45) is 12.8 Å². The van der Waals surface area contributed by atoms with Crippen LogP contribution in [-0.2, 0) is 13.6 Å². The van der Waals surface area contributed by atoms with E-state index in [-0.39, 0.29) is 0 Å². The summed E-state index contributed by atoms with van der Waals surface area (Å²) in [6.07, 6.45) is 0. The molecule has 90 valence electrons. The number of nitrogens with two attached hydrogens (primary N) is 1. The van der Waals surface area contributed by atoms with Crippen molar-refractivity contribution in [1.82, 2.24) is 9.78 Å². The fourth-order valence-electron chi connectivity index (χ4n) is 1.87. The largest absolute Gasteiger partial charge is 0.325 e. The third kappa shape index (κ3) is 1.93. The van der Waals surface area contributed by atoms with Crippen LogP contribution in [0.1, 0.15) is 11.3 Å². The molecule has 17 heavy (non-hydrogen) atoms. The van der Waals surface area contributed by atoms with Crippen LogP contribution in [0.4, 0.5) is 8.78 Å². The summed E-state index contributed by atoms with van der Waals surface area (Å²) in [5, 5.41) is 4.27. The topological polar surface area (TPSA) is 43.8 Å². The molecule has 0 aliphatic heterocycles. The van der Waals surface area contributed by atoms with E-state index in [0.29, 0.717) is 17.8 Å². The lowest BCUT2D eigenvalue weighted by Crippen LogP contribution is -2.05. The molecule has 0 atom stereocenters. The normalized spacial score (nSPS) is 10.9. The predicted molar refractivity (Wildman–Crippen MR) is 61.2 cm³/mol. The number of nitrogens with zero attached hydrogens (tertiary/aromatic N) is 2. The summed E-state index contributed by atoms with van der Waals surface area (Å²) in [7, 11) is 1.78. The highest BCUT2D eigenvalue weighted by Crippen LogP contribution is 2.25. The van der Waals surface area contributed by atoms with Gasteiger partial charge in [-0.2, -0.15) is 5.10 Å². The molecule has 5 heteroatoms. The first-order valence-electron chi connectivity index (χ1n) is 5.22. The van der Waals surface area contributed by atoms with E-state index in [1.165, 1.54) is 6.07 Å². The molecule has 0 spiro atoms. The highest BCUT2D eigenvalue weighted by atomic mass is 19.2. The van der Waals surface area contributed by atoms with Gasteiger partial charge in [-0.05, 0) is 30.7 Å². The first-order chi connectivity index (χ1) is 8.04. The van der Waals surface area contributed by atoms with Crippen LogP contribution in [0.15, 0.2) is 18.2 Å². The molecule has 0 aliphatic carbocycles. The number of benzene rings is 1. The minimum absolute atomic E-state index is 0.360. The smallest absolute Gasteiger partial charge is 0.159 e. The third-order valence-electron chi connectivity index (χ3n) is 2.82. The van der Waals surface area contributed by atoms with Gasteiger partial charge in [-0.15, -0.1) is 0 Å². The second-order valence-electron chi connectivity index (χ2n) is 3.88. The summed E-state index contributed by atoms with van der Waals surface area (Å²) in [5.74, 6) is -1.73. The average molecular weight is 237 g/mol. The van der Waals surface area contributed by atoms with Gasteiger partial charge in [0, 0.05) is 19.2 Å². The van der Waals surface area contributed by atoms with E-state index < -0.39 is 11.6 Å². The molecule has 2 rings (SSSR count). The standard InChI is InChI=1S/C12H13F2N3/c1-7-11(6-15)17(2)16-12(7)8-3-4-9(13)10(14)5-8/h3-5H,6,15H2,1-2H3. The molecule has 0 saturated heterocycles. The van der Waals surface area contributed by atoms with Gasteiger partial charge in [-0.1, -0.05) is 0 Å². The molecule has 3 nitrogen and oxygen atoms in total. The molecule has 0 bridgehead atoms. The Balaban J connectivity index is 2.57. The molecule has 1 aromatic heterocycles. The third-order valence-corrected chi connectivity index (χ3v) is 2.82. The van der Waals surface area contributed by atoms with E-state index in [4.69, 9.17) is 5.73 Å². The van der Waals surface area contributed by atoms with Gasteiger partial charge in [0.2, 0.25) is 0 Å². The number of hydrogen-bond donors (Lipinski definition) is 1. The Hall–Kier alpha value is -1.75. The summed E-state index contributed by atoms with van der Waals surface area (Å²) in [5.41, 5.74) is 8.56. The lowest BCUT2D eigenvalue weighted by atomic mass is 10.1. The number of rotatable bonds is 2. The maximum absolute atomic E-state index is 13.2. The molecule has 2 aromatic rings. The summed E-state index contributed by atoms with van der Waals surface area (Å²) in [6, 6.07) is 3.75. The zero-order valence-corrected chi connectivity index (χ0v) is 9.67. The molecule has 0 aliphatic rings. The van der Waals surface area contributed by atoms with E-state index in [1.54, 1.807) is 11.7 Å². The van der Waals surface area contributed by atoms with Crippen LogP contribution in [0, 0.1) is 18.6 Å². The predicted octanol–water partition coefficient (Wildman–Crippen LogP) is 2.13. The first kappa shape index (κ1) is 11.7. The van der Waals surface area contributed by atoms with E-state index in [1.807, 2.05) is 6.92 Å². The Morgan fingerprint density at radius 1 is 1.29 bits per heavy atom. The Bertz CT molecular complexity index is 561. The van der Waals surface area contributed by atoms with Crippen molar-refractivity contribution >= 4 is 0 Å². The van der Waals surface area contributed by atoms with Crippen LogP contribution < -0.4 is 5.73 Å². The number of aromatic nitrogens is 2. The van der Waals surface area contributed by atoms with Gasteiger partial charge in [-0.25, -0.2) is 8.78 Å². The van der Waals surface area contributed by atoms with E-state index in [2.05, 4.69) is 5.10 Å². The van der Waals surface area contributed by atoms with Crippen LogP contribution in [-0.4, -0.2) is 9.78 Å². The van der Waals surface area contributed by atoms with Crippen LogP contribution in [0.2, 0.25) is 0 Å². The van der Waals surface area contributed by atoms with Crippen molar-refractivity contribution < 1.29 is 8.78 Å². The second kappa shape index (κ2) is 4.25. The van der Waals surface area contributed by atoms with Gasteiger partial charge in [0.15, 0.2) is 11.6 Å². The molecular weight excluding hydrogens is 224 g/mol. The highest BCUT2D eigenvalue weighted by Gasteiger charge is 2.14. The maximum atomic E-state index is 13.2. The summed E-state index contributed by atoms with van der Waals surface area (Å²) >= 11 is 0. The van der Waals surface area contributed by atoms with Crippen molar-refractivity contribution in [2.45, 2.75) is 13.5 Å². The van der Waals surface area contributed by atoms with E-state index in [0.717, 1.165) is 23.4 Å². The zero-order chi connectivity index (χ0) is 12.6. The molecule has 0 radical (unpaired) electrons. The first-order valence-corrected chi connectivity index (χ1v) is 5.22. The molecule has 0 amide bonds. The summed E-state index contributed by atoms with van der Waals surface area (Å²) in [6.45, 7) is 2.23. The minimum Gasteiger partial charge on any atom is -0.325 e. The maximum Gasteiger partial charge on any atom is 0.159 e. The van der Waals surface area contributed by atoms with Gasteiger partial charge in [0.05, 0.1) is 11.4 Å². The van der Waals surface area contributed by atoms with Gasteiger partial charge >= 0.3 is 0 Å². The quantitative estimate of drug-likeness (QED) is 0.869. The van der Waals surface area contributed by atoms with Crippen molar-refractivity contribution in [2.75, 3.05) is 0 Å². The fraction of sp³-hybridized carbons (Fsp3) is 0.250. The van der Waals surface area contributed by atoms with Crippen molar-refractivity contribution in [1.29, 1.82) is 0 Å². The van der Waals surface area contributed by atoms with Crippen molar-refractivity contribution in [3.63, 3.8) is 0 Å². The highest BCUT2D eigenvalue weighted by molar-refractivity contribution is 5.63. The summed E-state index contributed by atoms with van der Waals surface area (Å²) < 4.78 is 27.7. The molecule has 1 heterocycles. The molecule has 0 fully saturated rings. The van der Waals surface area contributed by atoms with Crippen LogP contribution in [0.3, 0.4) is 0 Å². The average Bonchev–Trinajstić information content (AvgIpc) is 2.58. The number of halogens is 2. The van der Waals surface area contributed by atoms with Gasteiger partial charge in [-0.3, -0.25) is 4.68 Å². The van der Waals surface area contributed by atoms with Gasteiger partial charge in [0.25, 0.3) is 0 Å². The van der Waals surface area contributed by atoms with Gasteiger partial charge in [0.1, 0.15) is 0 Å². The van der Waals surface area contributed by atoms with Crippen molar-refractivity contribution in [3.8, 4) is 11.3 Å². The zero-order valence-electron chi connectivity index (χ0n) is 9.67. The van der Waals surface area contributed by atoms with E-state index >= 15 is 0 Å². The molecule has 0 unspecified atom stereocenters. The monoisotopic (exact) mass is 237 g/mol. The van der Waals surface area contributed by atoms with Gasteiger partial charge < -0.3 is 5.73 Å². The Labute approximate surface area is 97.9 Å². The summed E-state index contributed by atoms with van der Waals surface area (Å²) in [4.78, 5) is 0. The number of aryl methyl sites for hydroxylation is 1. The SMILES string of the molecule is Cc1c(-c2ccc(F)c(F)c2)nn(C)c1CN. The second-order valence-corrected chi connectivity index (χ2v) is 3.88. The van der Waals surface area contributed by atoms with E-state index in [9.17, 15) is 8.78 Å². The number of hydrogen-bond acceptors (Lipinski definition) is 2. The lowest BCUT2D eigenvalue weighted by molar-refractivity contribution is 0.509. The lowest BCUT2D eigenvalue weighted by Gasteiger charge is -2.00. The molecule has 0 saturated carbocycles. The molecule has 1 aromatic carbocycles. The van der Waals surface area contributed by atoms with Crippen LogP contribution in [0.25, 0.3) is 11.3 Å². The minimum atomic E-state index is -0.873. The molecular formula is C12H13F2N3. The Kier molecular flexibility index (Phi) is 2.93. The Morgan fingerprint density at radius 2 is 2.00 bits per heavy atom. The Morgan fingerprint density at radius 3 is 2.53 bits per heavy atom. The molecule has 2 N–H and O–H groups in total. The van der Waals surface area contributed by atoms with Crippen LogP contribution >= 0.6 is 0 Å². The van der Waals surface area contributed by atoms with Crippen LogP contribution in [0.5, 0.6) is 0 Å².